The lowest BCUT2D eigenvalue weighted by atomic mass is 10.2. The van der Waals surface area contributed by atoms with Gasteiger partial charge in [-0.25, -0.2) is 9.78 Å². The van der Waals surface area contributed by atoms with E-state index in [2.05, 4.69) is 86.4 Å². The van der Waals surface area contributed by atoms with Crippen LogP contribution in [0.15, 0.2) is 73.2 Å². The van der Waals surface area contributed by atoms with Gasteiger partial charge in [-0.05, 0) is 35.2 Å². The third kappa shape index (κ3) is 5.37. The molecule has 0 aliphatic rings. The fourth-order valence-corrected chi connectivity index (χ4v) is 8.78. The summed E-state index contributed by atoms with van der Waals surface area (Å²) in [7, 11) is -2.48. The van der Waals surface area contributed by atoms with Crippen LogP contribution in [-0.4, -0.2) is 37.1 Å². The molecule has 3 aromatic rings. The average Bonchev–Trinajstić information content (AvgIpc) is 3.26. The molecule has 6 heteroatoms. The predicted molar refractivity (Wildman–Crippen MR) is 131 cm³/mol. The van der Waals surface area contributed by atoms with Gasteiger partial charge in [0.1, 0.15) is 0 Å². The van der Waals surface area contributed by atoms with Crippen molar-refractivity contribution in [2.75, 3.05) is 13.2 Å². The number of benzene rings is 2. The minimum atomic E-state index is -2.48. The lowest BCUT2D eigenvalue weighted by Gasteiger charge is -2.43. The third-order valence-electron chi connectivity index (χ3n) is 5.66. The van der Waals surface area contributed by atoms with Gasteiger partial charge in [0.25, 0.3) is 8.32 Å². The maximum atomic E-state index is 11.8. The van der Waals surface area contributed by atoms with E-state index in [4.69, 9.17) is 9.16 Å². The fraction of sp³-hybridized carbons (Fsp3) is 0.385. The van der Waals surface area contributed by atoms with E-state index in [9.17, 15) is 4.79 Å². The Morgan fingerprint density at radius 2 is 1.56 bits per heavy atom. The minimum absolute atomic E-state index is 0.0193. The molecule has 1 aromatic heterocycles. The van der Waals surface area contributed by atoms with Gasteiger partial charge in [0.2, 0.25) is 0 Å². The molecule has 32 heavy (non-hydrogen) atoms. The van der Waals surface area contributed by atoms with Crippen molar-refractivity contribution < 1.29 is 14.0 Å². The number of carbonyl (C=O) groups is 1. The van der Waals surface area contributed by atoms with Crippen LogP contribution in [0.1, 0.15) is 51.0 Å². The number of nitrogens with zero attached hydrogens (tertiary/aromatic N) is 2. The van der Waals surface area contributed by atoms with Crippen LogP contribution in [0.5, 0.6) is 0 Å². The summed E-state index contributed by atoms with van der Waals surface area (Å²) in [5.74, 6) is -0.374. The minimum Gasteiger partial charge on any atom is -0.461 e. The van der Waals surface area contributed by atoms with Gasteiger partial charge < -0.3 is 13.7 Å². The number of rotatable bonds is 10. The molecule has 0 atom stereocenters. The molecular weight excluding hydrogens is 416 g/mol. The maximum absolute atomic E-state index is 11.8. The van der Waals surface area contributed by atoms with E-state index in [0.717, 1.165) is 19.4 Å². The molecule has 0 aliphatic heterocycles. The lowest BCUT2D eigenvalue weighted by molar-refractivity contribution is 0.0520. The largest absolute Gasteiger partial charge is 0.461 e. The Balaban J connectivity index is 1.70. The highest BCUT2D eigenvalue weighted by atomic mass is 28.4. The third-order valence-corrected chi connectivity index (χ3v) is 10.7. The molecule has 0 saturated carbocycles. The van der Waals surface area contributed by atoms with Crippen molar-refractivity contribution in [1.82, 2.24) is 9.55 Å². The van der Waals surface area contributed by atoms with Gasteiger partial charge in [-0.3, -0.25) is 0 Å². The second-order valence-electron chi connectivity index (χ2n) is 8.94. The van der Waals surface area contributed by atoms with Crippen molar-refractivity contribution in [3.8, 4) is 0 Å². The molecule has 2 aromatic carbocycles. The van der Waals surface area contributed by atoms with Gasteiger partial charge in [-0.2, -0.15) is 0 Å². The summed E-state index contributed by atoms with van der Waals surface area (Å²) in [6.45, 7) is 10.5. The molecule has 3 rings (SSSR count). The van der Waals surface area contributed by atoms with Crippen LogP contribution in [0, 0.1) is 0 Å². The summed E-state index contributed by atoms with van der Waals surface area (Å²) in [6, 6.07) is 21.4. The van der Waals surface area contributed by atoms with Crippen LogP contribution in [0.4, 0.5) is 0 Å². The Hall–Kier alpha value is -2.70. The van der Waals surface area contributed by atoms with Gasteiger partial charge in [0, 0.05) is 19.3 Å². The van der Waals surface area contributed by atoms with Crippen LogP contribution < -0.4 is 10.4 Å². The Morgan fingerprint density at radius 3 is 2.09 bits per heavy atom. The van der Waals surface area contributed by atoms with E-state index < -0.39 is 8.32 Å². The topological polar surface area (TPSA) is 53.4 Å². The summed E-state index contributed by atoms with van der Waals surface area (Å²) in [6.07, 6.45) is 5.31. The van der Waals surface area contributed by atoms with E-state index >= 15 is 0 Å². The predicted octanol–water partition coefficient (Wildman–Crippen LogP) is 4.42. The van der Waals surface area contributed by atoms with Crippen molar-refractivity contribution in [1.29, 1.82) is 0 Å². The van der Waals surface area contributed by atoms with Gasteiger partial charge in [-0.1, -0.05) is 81.4 Å². The smallest absolute Gasteiger partial charge is 0.358 e. The first-order valence-corrected chi connectivity index (χ1v) is 13.2. The van der Waals surface area contributed by atoms with E-state index in [1.165, 1.54) is 10.4 Å². The summed E-state index contributed by atoms with van der Waals surface area (Å²) >= 11 is 0. The van der Waals surface area contributed by atoms with Crippen LogP contribution in [0.2, 0.25) is 5.04 Å². The van der Waals surface area contributed by atoms with E-state index in [-0.39, 0.29) is 11.0 Å². The molecule has 0 aliphatic carbocycles. The molecule has 0 radical (unpaired) electrons. The normalized spacial score (nSPS) is 12.0. The van der Waals surface area contributed by atoms with Gasteiger partial charge in [0.05, 0.1) is 12.9 Å². The fourth-order valence-electron chi connectivity index (χ4n) is 4.18. The summed E-state index contributed by atoms with van der Waals surface area (Å²) in [4.78, 5) is 15.9. The molecule has 5 nitrogen and oxygen atoms in total. The zero-order valence-corrected chi connectivity index (χ0v) is 20.6. The van der Waals surface area contributed by atoms with E-state index in [0.29, 0.717) is 18.9 Å². The maximum Gasteiger partial charge on any atom is 0.358 e. The molecule has 0 fully saturated rings. The number of aryl methyl sites for hydroxylation is 1. The second kappa shape index (κ2) is 10.7. The molecule has 1 heterocycles. The van der Waals surface area contributed by atoms with Crippen LogP contribution >= 0.6 is 0 Å². The summed E-state index contributed by atoms with van der Waals surface area (Å²) in [5.41, 5.74) is 0.357. The quantitative estimate of drug-likeness (QED) is 0.261. The van der Waals surface area contributed by atoms with Gasteiger partial charge in [-0.15, -0.1) is 0 Å². The Bertz CT molecular complexity index is 942. The molecule has 170 valence electrons. The number of unbranched alkanes of at least 4 members (excludes halogenated alkanes) is 1. The van der Waals surface area contributed by atoms with Crippen molar-refractivity contribution >= 4 is 24.7 Å². The van der Waals surface area contributed by atoms with E-state index in [1.54, 1.807) is 19.4 Å². The Morgan fingerprint density at radius 1 is 0.969 bits per heavy atom. The molecule has 0 saturated heterocycles. The Kier molecular flexibility index (Phi) is 8.04. The van der Waals surface area contributed by atoms with Crippen LogP contribution in [-0.2, 0) is 15.7 Å². The SMILES string of the molecule is CCOC(=O)c1cn(CCCCO[Si](c2ccccc2)(c2ccccc2)C(C)(C)C)cn1. The van der Waals surface area contributed by atoms with Crippen molar-refractivity contribution in [3.05, 3.63) is 78.9 Å². The first-order chi connectivity index (χ1) is 15.4. The lowest BCUT2D eigenvalue weighted by Crippen LogP contribution is -2.66. The molecule has 0 bridgehead atoms. The molecule has 0 amide bonds. The zero-order chi connectivity index (χ0) is 23.0. The molecule has 0 unspecified atom stereocenters. The van der Waals surface area contributed by atoms with Crippen LogP contribution in [0.25, 0.3) is 0 Å². The highest BCUT2D eigenvalue weighted by molar-refractivity contribution is 6.99. The number of esters is 1. The standard InChI is InChI=1S/C26H34N2O3Si/c1-5-30-25(29)24-20-28(21-27-24)18-12-13-19-31-32(26(2,3)4,22-14-8-6-9-15-22)23-16-10-7-11-17-23/h6-11,14-17,20-21H,5,12-13,18-19H2,1-4H3. The average molecular weight is 451 g/mol. The first-order valence-electron chi connectivity index (χ1n) is 11.3. The Labute approximate surface area is 192 Å². The number of imidazole rings is 1. The van der Waals surface area contributed by atoms with Gasteiger partial charge >= 0.3 is 5.97 Å². The number of hydrogen-bond acceptors (Lipinski definition) is 4. The first kappa shape index (κ1) is 23.9. The number of carbonyl (C=O) groups excluding carboxylic acids is 1. The monoisotopic (exact) mass is 450 g/mol. The van der Waals surface area contributed by atoms with Crippen molar-refractivity contribution in [2.45, 2.75) is 52.1 Å². The summed E-state index contributed by atoms with van der Waals surface area (Å²) in [5, 5.41) is 2.58. The highest BCUT2D eigenvalue weighted by Gasteiger charge is 2.49. The highest BCUT2D eigenvalue weighted by Crippen LogP contribution is 2.36. The van der Waals surface area contributed by atoms with Crippen molar-refractivity contribution in [2.24, 2.45) is 0 Å². The number of hydrogen-bond donors (Lipinski definition) is 0. The second-order valence-corrected chi connectivity index (χ2v) is 13.2. The van der Waals surface area contributed by atoms with Crippen LogP contribution in [0.3, 0.4) is 0 Å². The van der Waals surface area contributed by atoms with E-state index in [1.807, 2.05) is 4.57 Å². The molecule has 0 N–H and O–H groups in total. The van der Waals surface area contributed by atoms with Crippen molar-refractivity contribution in [3.63, 3.8) is 0 Å². The molecule has 0 spiro atoms. The zero-order valence-electron chi connectivity index (χ0n) is 19.6. The summed E-state index contributed by atoms with van der Waals surface area (Å²) < 4.78 is 13.9. The number of aromatic nitrogens is 2. The number of ether oxygens (including phenoxy) is 1. The van der Waals surface area contributed by atoms with Gasteiger partial charge in [0.15, 0.2) is 5.69 Å². The molecular formula is C26H34N2O3Si.